The van der Waals surface area contributed by atoms with Gasteiger partial charge in [-0.1, -0.05) is 38.5 Å². The molecule has 2 aromatic rings. The van der Waals surface area contributed by atoms with Crippen molar-refractivity contribution in [2.24, 2.45) is 7.05 Å². The lowest BCUT2D eigenvalue weighted by atomic mass is 10.0. The Kier molecular flexibility index (Phi) is 4.95. The molecule has 0 unspecified atom stereocenters. The van der Waals surface area contributed by atoms with Crippen molar-refractivity contribution in [3.8, 4) is 11.1 Å². The van der Waals surface area contributed by atoms with Crippen LogP contribution in [0.3, 0.4) is 0 Å². The maximum atomic E-state index is 4.16. The summed E-state index contributed by atoms with van der Waals surface area (Å²) in [5.74, 6) is 0. The molecule has 0 aliphatic heterocycles. The molecule has 0 amide bonds. The number of rotatable bonds is 1. The van der Waals surface area contributed by atoms with E-state index in [1.807, 2.05) is 24.1 Å². The molecule has 0 N–H and O–H groups in total. The molecular formula is C15H22N2. The SMILES string of the molecule is CCC.Cc1ccc(-c2cnn(C)c2)cc1C. The maximum absolute atomic E-state index is 4.16. The van der Waals surface area contributed by atoms with E-state index in [0.717, 1.165) is 0 Å². The summed E-state index contributed by atoms with van der Waals surface area (Å²) in [4.78, 5) is 0. The van der Waals surface area contributed by atoms with Gasteiger partial charge in [0.1, 0.15) is 0 Å². The predicted octanol–water partition coefficient (Wildman–Crippen LogP) is 4.12. The van der Waals surface area contributed by atoms with Crippen molar-refractivity contribution in [1.82, 2.24) is 9.78 Å². The molecule has 0 spiro atoms. The molecule has 0 fully saturated rings. The normalized spacial score (nSPS) is 9.71. The molecule has 0 aliphatic carbocycles. The van der Waals surface area contributed by atoms with Gasteiger partial charge < -0.3 is 0 Å². The summed E-state index contributed by atoms with van der Waals surface area (Å²) in [5, 5.41) is 4.16. The van der Waals surface area contributed by atoms with Crippen LogP contribution in [-0.4, -0.2) is 9.78 Å². The van der Waals surface area contributed by atoms with Gasteiger partial charge in [-0.3, -0.25) is 4.68 Å². The Morgan fingerprint density at radius 3 is 2.18 bits per heavy atom. The van der Waals surface area contributed by atoms with Crippen LogP contribution < -0.4 is 0 Å². The minimum absolute atomic E-state index is 1.18. The largest absolute Gasteiger partial charge is 0.275 e. The molecule has 92 valence electrons. The Morgan fingerprint density at radius 2 is 1.71 bits per heavy atom. The standard InChI is InChI=1S/C12H14N2.C3H8/c1-9-4-5-11(6-10(9)2)12-7-13-14(3)8-12;1-3-2/h4-8H,1-3H3;3H2,1-2H3. The van der Waals surface area contributed by atoms with Crippen LogP contribution in [0.2, 0.25) is 0 Å². The van der Waals surface area contributed by atoms with Crippen LogP contribution in [0.4, 0.5) is 0 Å². The molecule has 17 heavy (non-hydrogen) atoms. The van der Waals surface area contributed by atoms with E-state index in [9.17, 15) is 0 Å². The van der Waals surface area contributed by atoms with Crippen molar-refractivity contribution < 1.29 is 0 Å². The molecule has 0 radical (unpaired) electrons. The zero-order valence-electron chi connectivity index (χ0n) is 11.5. The van der Waals surface area contributed by atoms with Gasteiger partial charge in [0, 0.05) is 18.8 Å². The van der Waals surface area contributed by atoms with E-state index >= 15 is 0 Å². The van der Waals surface area contributed by atoms with E-state index in [1.165, 1.54) is 28.7 Å². The average molecular weight is 230 g/mol. The van der Waals surface area contributed by atoms with E-state index < -0.39 is 0 Å². The van der Waals surface area contributed by atoms with Gasteiger partial charge in [0.25, 0.3) is 0 Å². The van der Waals surface area contributed by atoms with Crippen LogP contribution in [0.15, 0.2) is 30.6 Å². The number of hydrogen-bond donors (Lipinski definition) is 0. The number of nitrogens with zero attached hydrogens (tertiary/aromatic N) is 2. The highest BCUT2D eigenvalue weighted by atomic mass is 15.2. The van der Waals surface area contributed by atoms with Gasteiger partial charge in [-0.05, 0) is 30.5 Å². The van der Waals surface area contributed by atoms with Crippen molar-refractivity contribution in [2.45, 2.75) is 34.1 Å². The van der Waals surface area contributed by atoms with E-state index in [4.69, 9.17) is 0 Å². The number of aromatic nitrogens is 2. The van der Waals surface area contributed by atoms with Crippen LogP contribution in [0, 0.1) is 13.8 Å². The third kappa shape index (κ3) is 3.74. The summed E-state index contributed by atoms with van der Waals surface area (Å²) >= 11 is 0. The van der Waals surface area contributed by atoms with Crippen molar-refractivity contribution >= 4 is 0 Å². The summed E-state index contributed by atoms with van der Waals surface area (Å²) in [5.41, 5.74) is 5.07. The monoisotopic (exact) mass is 230 g/mol. The van der Waals surface area contributed by atoms with Crippen molar-refractivity contribution in [3.63, 3.8) is 0 Å². The van der Waals surface area contributed by atoms with Crippen LogP contribution in [0.25, 0.3) is 11.1 Å². The molecule has 2 rings (SSSR count). The fourth-order valence-electron chi connectivity index (χ4n) is 1.49. The highest BCUT2D eigenvalue weighted by Crippen LogP contribution is 2.20. The molecule has 1 heterocycles. The molecule has 1 aromatic carbocycles. The smallest absolute Gasteiger partial charge is 0.0568 e. The third-order valence-electron chi connectivity index (χ3n) is 2.55. The first-order valence-corrected chi connectivity index (χ1v) is 6.14. The van der Waals surface area contributed by atoms with E-state index in [1.54, 1.807) is 0 Å². The number of aryl methyl sites for hydroxylation is 3. The summed E-state index contributed by atoms with van der Waals surface area (Å²) in [7, 11) is 1.94. The van der Waals surface area contributed by atoms with Gasteiger partial charge >= 0.3 is 0 Å². The Balaban J connectivity index is 0.000000437. The van der Waals surface area contributed by atoms with Crippen LogP contribution >= 0.6 is 0 Å². The molecular weight excluding hydrogens is 208 g/mol. The number of benzene rings is 1. The average Bonchev–Trinajstić information content (AvgIpc) is 2.70. The molecule has 0 saturated heterocycles. The quantitative estimate of drug-likeness (QED) is 0.720. The number of hydrogen-bond acceptors (Lipinski definition) is 1. The maximum Gasteiger partial charge on any atom is 0.0568 e. The summed E-state index contributed by atoms with van der Waals surface area (Å²) < 4.78 is 1.82. The summed E-state index contributed by atoms with van der Waals surface area (Å²) in [6.45, 7) is 8.51. The first-order valence-electron chi connectivity index (χ1n) is 6.14. The van der Waals surface area contributed by atoms with Crippen LogP contribution in [0.5, 0.6) is 0 Å². The Morgan fingerprint density at radius 1 is 1.06 bits per heavy atom. The van der Waals surface area contributed by atoms with Gasteiger partial charge in [-0.25, -0.2) is 0 Å². The lowest BCUT2D eigenvalue weighted by Crippen LogP contribution is -1.84. The fourth-order valence-corrected chi connectivity index (χ4v) is 1.49. The summed E-state index contributed by atoms with van der Waals surface area (Å²) in [6.07, 6.45) is 5.17. The topological polar surface area (TPSA) is 17.8 Å². The van der Waals surface area contributed by atoms with Crippen molar-refractivity contribution in [2.75, 3.05) is 0 Å². The highest BCUT2D eigenvalue weighted by molar-refractivity contribution is 5.63. The predicted molar refractivity (Wildman–Crippen MR) is 74.1 cm³/mol. The lowest BCUT2D eigenvalue weighted by Gasteiger charge is -2.02. The second kappa shape index (κ2) is 6.24. The van der Waals surface area contributed by atoms with E-state index in [2.05, 4.69) is 51.0 Å². The van der Waals surface area contributed by atoms with Crippen LogP contribution in [0.1, 0.15) is 31.4 Å². The van der Waals surface area contributed by atoms with Gasteiger partial charge in [0.2, 0.25) is 0 Å². The van der Waals surface area contributed by atoms with Crippen molar-refractivity contribution in [3.05, 3.63) is 41.7 Å². The first-order chi connectivity index (χ1) is 8.08. The Bertz CT molecular complexity index is 470. The molecule has 2 heteroatoms. The van der Waals surface area contributed by atoms with Gasteiger partial charge in [-0.2, -0.15) is 5.10 Å². The summed E-state index contributed by atoms with van der Waals surface area (Å²) in [6, 6.07) is 6.49. The zero-order valence-corrected chi connectivity index (χ0v) is 11.5. The molecule has 2 nitrogen and oxygen atoms in total. The Hall–Kier alpha value is -1.57. The van der Waals surface area contributed by atoms with Crippen LogP contribution in [-0.2, 0) is 7.05 Å². The van der Waals surface area contributed by atoms with E-state index in [-0.39, 0.29) is 0 Å². The molecule has 0 bridgehead atoms. The Labute approximate surface area is 104 Å². The zero-order chi connectivity index (χ0) is 12.8. The van der Waals surface area contributed by atoms with Gasteiger partial charge in [0.15, 0.2) is 0 Å². The van der Waals surface area contributed by atoms with Crippen molar-refractivity contribution in [1.29, 1.82) is 0 Å². The molecule has 1 aromatic heterocycles. The van der Waals surface area contributed by atoms with Gasteiger partial charge in [-0.15, -0.1) is 0 Å². The minimum atomic E-state index is 1.18. The molecule has 0 saturated carbocycles. The van der Waals surface area contributed by atoms with Gasteiger partial charge in [0.05, 0.1) is 6.20 Å². The first kappa shape index (κ1) is 13.5. The second-order valence-corrected chi connectivity index (χ2v) is 4.41. The molecule has 0 atom stereocenters. The minimum Gasteiger partial charge on any atom is -0.275 e. The second-order valence-electron chi connectivity index (χ2n) is 4.41. The fraction of sp³-hybridized carbons (Fsp3) is 0.400. The lowest BCUT2D eigenvalue weighted by molar-refractivity contribution is 0.768. The molecule has 0 aliphatic rings. The van der Waals surface area contributed by atoms with E-state index in [0.29, 0.717) is 0 Å². The third-order valence-corrected chi connectivity index (χ3v) is 2.55. The highest BCUT2D eigenvalue weighted by Gasteiger charge is 2.01.